The van der Waals surface area contributed by atoms with Crippen molar-refractivity contribution in [2.45, 2.75) is 18.3 Å². The normalized spacial score (nSPS) is 17.4. The van der Waals surface area contributed by atoms with Crippen molar-refractivity contribution in [2.24, 2.45) is 0 Å². The van der Waals surface area contributed by atoms with Gasteiger partial charge in [0.1, 0.15) is 6.07 Å². The van der Waals surface area contributed by atoms with Crippen molar-refractivity contribution in [1.82, 2.24) is 0 Å². The highest BCUT2D eigenvalue weighted by Gasteiger charge is 2.15. The van der Waals surface area contributed by atoms with E-state index in [2.05, 4.69) is 12.6 Å². The van der Waals surface area contributed by atoms with Crippen LogP contribution < -0.4 is 0 Å². The molecule has 3 heteroatoms. The van der Waals surface area contributed by atoms with E-state index in [4.69, 9.17) is 10.4 Å². The Kier molecular flexibility index (Phi) is 2.13. The van der Waals surface area contributed by atoms with Crippen LogP contribution in [0.5, 0.6) is 0 Å². The lowest BCUT2D eigenvalue weighted by Gasteiger charge is -2.06. The number of nitriles is 1. The molecule has 0 aromatic carbocycles. The topological polar surface area (TPSA) is 44.0 Å². The van der Waals surface area contributed by atoms with Crippen molar-refractivity contribution in [3.8, 4) is 6.07 Å². The molecule has 0 aromatic rings. The lowest BCUT2D eigenvalue weighted by atomic mass is 10.3. The maximum absolute atomic E-state index is 8.64. The summed E-state index contributed by atoms with van der Waals surface area (Å²) in [5, 5.41) is 16.7. The summed E-state index contributed by atoms with van der Waals surface area (Å²) >= 11 is 3.58. The summed E-state index contributed by atoms with van der Waals surface area (Å²) in [5.74, 6) is 0. The van der Waals surface area contributed by atoms with Gasteiger partial charge < -0.3 is 5.11 Å². The Morgan fingerprint density at radius 2 is 2.43 bits per heavy atom. The summed E-state index contributed by atoms with van der Waals surface area (Å²) in [4.78, 5) is -1.42. The van der Waals surface area contributed by atoms with Crippen molar-refractivity contribution in [3.63, 3.8) is 0 Å². The summed E-state index contributed by atoms with van der Waals surface area (Å²) in [7, 11) is 0. The largest absolute Gasteiger partial charge is 0.367 e. The maximum Gasteiger partial charge on any atom is 0.195 e. The van der Waals surface area contributed by atoms with Gasteiger partial charge in [-0.25, -0.2) is 0 Å². The fourth-order valence-corrected chi connectivity index (χ4v) is 0.0791. The summed E-state index contributed by atoms with van der Waals surface area (Å²) in [6, 6.07) is 1.61. The minimum atomic E-state index is -1.42. The molecule has 0 saturated carbocycles. The molecule has 0 radical (unpaired) electrons. The quantitative estimate of drug-likeness (QED) is 0.299. The smallest absolute Gasteiger partial charge is 0.195 e. The van der Waals surface area contributed by atoms with Crippen LogP contribution in [0, 0.1) is 11.3 Å². The summed E-state index contributed by atoms with van der Waals surface area (Å²) in [5.41, 5.74) is 0. The molecule has 0 rings (SSSR count). The Hall–Kier alpha value is -0.200. The van der Waals surface area contributed by atoms with Gasteiger partial charge in [-0.3, -0.25) is 0 Å². The summed E-state index contributed by atoms with van der Waals surface area (Å²) < 4.78 is 0. The first-order chi connectivity index (χ1) is 3.12. The van der Waals surface area contributed by atoms with Crippen LogP contribution in [-0.4, -0.2) is 10.0 Å². The van der Waals surface area contributed by atoms with Crippen LogP contribution in [0.25, 0.3) is 0 Å². The molecule has 40 valence electrons. The molecular weight excluding hydrogens is 110 g/mol. The molecule has 0 fully saturated rings. The summed E-state index contributed by atoms with van der Waals surface area (Å²) in [6.45, 7) is 1.69. The summed E-state index contributed by atoms with van der Waals surface area (Å²) in [6.07, 6.45) is 0.354. The first-order valence-corrected chi connectivity index (χ1v) is 2.43. The predicted molar refractivity (Wildman–Crippen MR) is 29.8 cm³/mol. The van der Waals surface area contributed by atoms with E-state index in [0.29, 0.717) is 6.42 Å². The molecule has 0 heterocycles. The molecule has 0 aliphatic carbocycles. The number of thiol groups is 1. The van der Waals surface area contributed by atoms with E-state index in [9.17, 15) is 0 Å². The van der Waals surface area contributed by atoms with E-state index in [1.54, 1.807) is 13.0 Å². The van der Waals surface area contributed by atoms with Crippen LogP contribution in [0.4, 0.5) is 0 Å². The molecule has 7 heavy (non-hydrogen) atoms. The van der Waals surface area contributed by atoms with Crippen LogP contribution in [0.1, 0.15) is 13.3 Å². The molecule has 0 spiro atoms. The highest BCUT2D eigenvalue weighted by atomic mass is 32.1. The Balaban J connectivity index is 3.66. The molecule has 2 nitrogen and oxygen atoms in total. The van der Waals surface area contributed by atoms with E-state index < -0.39 is 4.93 Å². The third kappa shape index (κ3) is 2.49. The number of hydrogen-bond acceptors (Lipinski definition) is 3. The standard InChI is InChI=1S/C4H7NOS/c1-2-4(6,7)3-5/h6-7H,2H2,1H3. The Morgan fingerprint density at radius 3 is 2.43 bits per heavy atom. The molecule has 1 atom stereocenters. The Bertz CT molecular complexity index is 94.4. The van der Waals surface area contributed by atoms with E-state index in [0.717, 1.165) is 0 Å². The second-order valence-electron chi connectivity index (χ2n) is 1.28. The second-order valence-corrected chi connectivity index (χ2v) is 2.02. The van der Waals surface area contributed by atoms with E-state index in [1.165, 1.54) is 0 Å². The van der Waals surface area contributed by atoms with E-state index in [-0.39, 0.29) is 0 Å². The monoisotopic (exact) mass is 117 g/mol. The number of rotatable bonds is 1. The van der Waals surface area contributed by atoms with Gasteiger partial charge in [-0.1, -0.05) is 6.92 Å². The molecule has 1 N–H and O–H groups in total. The van der Waals surface area contributed by atoms with Crippen molar-refractivity contribution in [2.75, 3.05) is 0 Å². The van der Waals surface area contributed by atoms with Gasteiger partial charge in [0.2, 0.25) is 0 Å². The number of aliphatic hydroxyl groups is 1. The minimum absolute atomic E-state index is 0.354. The van der Waals surface area contributed by atoms with Gasteiger partial charge in [-0.05, 0) is 6.42 Å². The highest BCUT2D eigenvalue weighted by molar-refractivity contribution is 7.81. The van der Waals surface area contributed by atoms with Crippen molar-refractivity contribution >= 4 is 12.6 Å². The first-order valence-electron chi connectivity index (χ1n) is 1.98. The fraction of sp³-hybridized carbons (Fsp3) is 0.750. The zero-order valence-corrected chi connectivity index (χ0v) is 4.94. The van der Waals surface area contributed by atoms with Crippen LogP contribution in [0.3, 0.4) is 0 Å². The number of nitrogens with zero attached hydrogens (tertiary/aromatic N) is 1. The maximum atomic E-state index is 8.64. The fourth-order valence-electron chi connectivity index (χ4n) is 0.0791. The van der Waals surface area contributed by atoms with Gasteiger partial charge in [0.25, 0.3) is 0 Å². The molecule has 0 aromatic heterocycles. The molecule has 0 amide bonds. The van der Waals surface area contributed by atoms with Crippen molar-refractivity contribution in [1.29, 1.82) is 5.26 Å². The van der Waals surface area contributed by atoms with Crippen molar-refractivity contribution in [3.05, 3.63) is 0 Å². The van der Waals surface area contributed by atoms with Crippen molar-refractivity contribution < 1.29 is 5.11 Å². The van der Waals surface area contributed by atoms with Crippen LogP contribution in [-0.2, 0) is 0 Å². The average molecular weight is 117 g/mol. The average Bonchev–Trinajstić information content (AvgIpc) is 1.68. The lowest BCUT2D eigenvalue weighted by Crippen LogP contribution is -2.14. The highest BCUT2D eigenvalue weighted by Crippen LogP contribution is 2.11. The van der Waals surface area contributed by atoms with Gasteiger partial charge in [-0.2, -0.15) is 5.26 Å². The predicted octanol–water partition coefficient (Wildman–Crippen LogP) is 0.538. The second kappa shape index (κ2) is 2.20. The molecule has 0 bridgehead atoms. The zero-order chi connectivity index (χ0) is 5.91. The van der Waals surface area contributed by atoms with Gasteiger partial charge in [-0.15, -0.1) is 12.6 Å². The third-order valence-corrected chi connectivity index (χ3v) is 1.09. The SMILES string of the molecule is CCC(O)(S)C#N. The third-order valence-electron chi connectivity index (χ3n) is 0.672. The lowest BCUT2D eigenvalue weighted by molar-refractivity contribution is 0.193. The Labute approximate surface area is 48.2 Å². The van der Waals surface area contributed by atoms with Crippen LogP contribution in [0.2, 0.25) is 0 Å². The van der Waals surface area contributed by atoms with Gasteiger partial charge in [0, 0.05) is 0 Å². The minimum Gasteiger partial charge on any atom is -0.367 e. The first kappa shape index (κ1) is 6.80. The Morgan fingerprint density at radius 1 is 2.00 bits per heavy atom. The number of hydrogen-bond donors (Lipinski definition) is 2. The van der Waals surface area contributed by atoms with Gasteiger partial charge in [0.15, 0.2) is 4.93 Å². The molecule has 0 aliphatic rings. The van der Waals surface area contributed by atoms with Gasteiger partial charge >= 0.3 is 0 Å². The zero-order valence-electron chi connectivity index (χ0n) is 4.05. The van der Waals surface area contributed by atoms with Crippen LogP contribution in [0.15, 0.2) is 0 Å². The molecule has 0 aliphatic heterocycles. The van der Waals surface area contributed by atoms with E-state index >= 15 is 0 Å². The van der Waals surface area contributed by atoms with Crippen LogP contribution >= 0.6 is 12.6 Å². The van der Waals surface area contributed by atoms with Gasteiger partial charge in [0.05, 0.1) is 0 Å². The molecule has 0 saturated heterocycles. The molecular formula is C4H7NOS. The van der Waals surface area contributed by atoms with E-state index in [1.807, 2.05) is 0 Å². The molecule has 1 unspecified atom stereocenters.